The summed E-state index contributed by atoms with van der Waals surface area (Å²) in [6, 6.07) is 5.53. The first-order chi connectivity index (χ1) is 10.2. The Morgan fingerprint density at radius 2 is 1.95 bits per heavy atom. The Morgan fingerprint density at radius 1 is 1.19 bits per heavy atom. The number of hydrogen-bond donors (Lipinski definition) is 0. The van der Waals surface area contributed by atoms with E-state index in [4.69, 9.17) is 9.47 Å². The van der Waals surface area contributed by atoms with Gasteiger partial charge in [-0.25, -0.2) is 0 Å². The summed E-state index contributed by atoms with van der Waals surface area (Å²) in [6.07, 6.45) is 2.54. The molecule has 1 fully saturated rings. The zero-order valence-corrected chi connectivity index (χ0v) is 12.3. The van der Waals surface area contributed by atoms with Gasteiger partial charge in [-0.2, -0.15) is 0 Å². The highest BCUT2D eigenvalue weighted by Crippen LogP contribution is 2.41. The number of carbonyl (C=O) groups excluding carboxylic acids is 2. The zero-order valence-electron chi connectivity index (χ0n) is 12.3. The number of methoxy groups -OCH3 is 2. The molecule has 0 radical (unpaired) electrons. The molecule has 1 heterocycles. The van der Waals surface area contributed by atoms with E-state index in [0.29, 0.717) is 18.7 Å². The van der Waals surface area contributed by atoms with Gasteiger partial charge in [0.25, 0.3) is 0 Å². The van der Waals surface area contributed by atoms with Crippen LogP contribution < -0.4 is 9.64 Å². The Kier molecular flexibility index (Phi) is 3.57. The molecule has 3 rings (SSSR count). The van der Waals surface area contributed by atoms with Crippen LogP contribution in [0, 0.1) is 5.92 Å². The maximum absolute atomic E-state index is 12.4. The number of carbonyl (C=O) groups is 2. The van der Waals surface area contributed by atoms with Crippen molar-refractivity contribution in [2.45, 2.75) is 25.2 Å². The molecule has 0 saturated heterocycles. The van der Waals surface area contributed by atoms with Gasteiger partial charge in [-0.3, -0.25) is 9.59 Å². The summed E-state index contributed by atoms with van der Waals surface area (Å²) in [5, 5.41) is 0. The number of hydrogen-bond acceptors (Lipinski definition) is 4. The van der Waals surface area contributed by atoms with Crippen molar-refractivity contribution in [3.8, 4) is 5.75 Å². The SMILES string of the molecule is COC(=O)C1CCN(C(=O)C2CC2)c2ccc(OC)cc21. The van der Waals surface area contributed by atoms with E-state index in [1.165, 1.54) is 7.11 Å². The predicted octanol–water partition coefficient (Wildman–Crippen LogP) is 2.10. The van der Waals surface area contributed by atoms with Crippen LogP contribution in [0.25, 0.3) is 0 Å². The van der Waals surface area contributed by atoms with E-state index < -0.39 is 0 Å². The van der Waals surface area contributed by atoms with Crippen molar-refractivity contribution in [2.75, 3.05) is 25.7 Å². The summed E-state index contributed by atoms with van der Waals surface area (Å²) in [5.74, 6) is 0.425. The van der Waals surface area contributed by atoms with E-state index in [1.54, 1.807) is 7.11 Å². The normalized spacial score (nSPS) is 20.7. The molecule has 1 atom stereocenters. The molecule has 5 nitrogen and oxygen atoms in total. The third-order valence-corrected chi connectivity index (χ3v) is 4.22. The van der Waals surface area contributed by atoms with Crippen LogP contribution in [0.1, 0.15) is 30.7 Å². The van der Waals surface area contributed by atoms with Crippen molar-refractivity contribution >= 4 is 17.6 Å². The van der Waals surface area contributed by atoms with Gasteiger partial charge in [-0.1, -0.05) is 0 Å². The second-order valence-corrected chi connectivity index (χ2v) is 5.55. The highest BCUT2D eigenvalue weighted by Gasteiger charge is 2.39. The van der Waals surface area contributed by atoms with Crippen LogP contribution in [0.5, 0.6) is 5.75 Å². The number of ether oxygens (including phenoxy) is 2. The van der Waals surface area contributed by atoms with Gasteiger partial charge in [-0.15, -0.1) is 0 Å². The molecule has 1 aromatic rings. The lowest BCUT2D eigenvalue weighted by atomic mass is 9.89. The lowest BCUT2D eigenvalue weighted by Gasteiger charge is -2.33. The highest BCUT2D eigenvalue weighted by molar-refractivity contribution is 5.99. The number of amides is 1. The first-order valence-corrected chi connectivity index (χ1v) is 7.23. The van der Waals surface area contributed by atoms with Gasteiger partial charge in [0.15, 0.2) is 0 Å². The average molecular weight is 289 g/mol. The van der Waals surface area contributed by atoms with Crippen molar-refractivity contribution in [3.63, 3.8) is 0 Å². The van der Waals surface area contributed by atoms with Gasteiger partial charge < -0.3 is 14.4 Å². The number of rotatable bonds is 3. The predicted molar refractivity (Wildman–Crippen MR) is 77.4 cm³/mol. The summed E-state index contributed by atoms with van der Waals surface area (Å²) >= 11 is 0. The van der Waals surface area contributed by atoms with E-state index in [2.05, 4.69) is 0 Å². The molecule has 1 aromatic carbocycles. The van der Waals surface area contributed by atoms with Crippen molar-refractivity contribution in [2.24, 2.45) is 5.92 Å². The minimum Gasteiger partial charge on any atom is -0.497 e. The Balaban J connectivity index is 2.00. The standard InChI is InChI=1S/C16H19NO4/c1-20-11-5-6-14-13(9-11)12(16(19)21-2)7-8-17(14)15(18)10-3-4-10/h5-6,9-10,12H,3-4,7-8H2,1-2H3. The first kappa shape index (κ1) is 13.9. The third-order valence-electron chi connectivity index (χ3n) is 4.22. The van der Waals surface area contributed by atoms with Crippen molar-refractivity contribution in [1.82, 2.24) is 0 Å². The molecule has 0 spiro atoms. The molecule has 5 heteroatoms. The fourth-order valence-electron chi connectivity index (χ4n) is 2.89. The average Bonchev–Trinajstić information content (AvgIpc) is 3.36. The van der Waals surface area contributed by atoms with E-state index in [0.717, 1.165) is 24.1 Å². The minimum absolute atomic E-state index is 0.162. The van der Waals surface area contributed by atoms with E-state index in [1.807, 2.05) is 23.1 Å². The van der Waals surface area contributed by atoms with Gasteiger partial charge in [-0.05, 0) is 43.0 Å². The van der Waals surface area contributed by atoms with Crippen LogP contribution in [0.4, 0.5) is 5.69 Å². The van der Waals surface area contributed by atoms with Gasteiger partial charge in [0.2, 0.25) is 5.91 Å². The molecule has 112 valence electrons. The summed E-state index contributed by atoms with van der Waals surface area (Å²) in [4.78, 5) is 26.2. The lowest BCUT2D eigenvalue weighted by Crippen LogP contribution is -2.39. The maximum Gasteiger partial charge on any atom is 0.313 e. The molecular weight excluding hydrogens is 270 g/mol. The van der Waals surface area contributed by atoms with Crippen molar-refractivity contribution in [3.05, 3.63) is 23.8 Å². The Labute approximate surface area is 123 Å². The Morgan fingerprint density at radius 3 is 2.57 bits per heavy atom. The largest absolute Gasteiger partial charge is 0.497 e. The fraction of sp³-hybridized carbons (Fsp3) is 0.500. The van der Waals surface area contributed by atoms with Crippen LogP contribution in [0.2, 0.25) is 0 Å². The number of nitrogens with zero attached hydrogens (tertiary/aromatic N) is 1. The summed E-state index contributed by atoms with van der Waals surface area (Å²) in [5.41, 5.74) is 1.64. The van der Waals surface area contributed by atoms with Gasteiger partial charge in [0.1, 0.15) is 5.75 Å². The lowest BCUT2D eigenvalue weighted by molar-refractivity contribution is -0.142. The molecule has 1 aliphatic carbocycles. The van der Waals surface area contributed by atoms with E-state index in [-0.39, 0.29) is 23.7 Å². The topological polar surface area (TPSA) is 55.8 Å². The second kappa shape index (κ2) is 5.39. The van der Waals surface area contributed by atoms with E-state index >= 15 is 0 Å². The van der Waals surface area contributed by atoms with E-state index in [9.17, 15) is 9.59 Å². The number of esters is 1. The number of benzene rings is 1. The third kappa shape index (κ3) is 2.48. The Bertz CT molecular complexity index is 580. The quantitative estimate of drug-likeness (QED) is 0.800. The molecule has 0 aromatic heterocycles. The first-order valence-electron chi connectivity index (χ1n) is 7.23. The van der Waals surface area contributed by atoms with Crippen LogP contribution in [-0.4, -0.2) is 32.6 Å². The molecule has 2 aliphatic rings. The molecule has 1 saturated carbocycles. The molecule has 1 amide bonds. The van der Waals surface area contributed by atoms with Crippen molar-refractivity contribution < 1.29 is 19.1 Å². The summed E-state index contributed by atoms with van der Waals surface area (Å²) in [6.45, 7) is 0.564. The van der Waals surface area contributed by atoms with Crippen LogP contribution in [0.15, 0.2) is 18.2 Å². The Hall–Kier alpha value is -2.04. The molecule has 21 heavy (non-hydrogen) atoms. The molecule has 0 bridgehead atoms. The molecule has 1 unspecified atom stereocenters. The van der Waals surface area contributed by atoms with Crippen molar-refractivity contribution in [1.29, 1.82) is 0 Å². The maximum atomic E-state index is 12.4. The smallest absolute Gasteiger partial charge is 0.313 e. The molecule has 1 aliphatic heterocycles. The second-order valence-electron chi connectivity index (χ2n) is 5.55. The fourth-order valence-corrected chi connectivity index (χ4v) is 2.89. The number of anilines is 1. The number of fused-ring (bicyclic) bond motifs is 1. The van der Waals surface area contributed by atoms with Gasteiger partial charge >= 0.3 is 5.97 Å². The van der Waals surface area contributed by atoms with Crippen LogP contribution in [-0.2, 0) is 14.3 Å². The summed E-state index contributed by atoms with van der Waals surface area (Å²) in [7, 11) is 2.98. The molecular formula is C16H19NO4. The minimum atomic E-state index is -0.330. The van der Waals surface area contributed by atoms with Gasteiger partial charge in [0, 0.05) is 18.2 Å². The monoisotopic (exact) mass is 289 g/mol. The summed E-state index contributed by atoms with van der Waals surface area (Å²) < 4.78 is 10.1. The van der Waals surface area contributed by atoms with Gasteiger partial charge in [0.05, 0.1) is 20.1 Å². The van der Waals surface area contributed by atoms with Crippen LogP contribution in [0.3, 0.4) is 0 Å². The van der Waals surface area contributed by atoms with Crippen LogP contribution >= 0.6 is 0 Å². The highest BCUT2D eigenvalue weighted by atomic mass is 16.5. The zero-order chi connectivity index (χ0) is 15.0. The molecule has 0 N–H and O–H groups in total.